The number of ether oxygens (including phenoxy) is 1. The van der Waals surface area contributed by atoms with Crippen LogP contribution < -0.4 is 5.32 Å². The van der Waals surface area contributed by atoms with Gasteiger partial charge in [-0.3, -0.25) is 15.0 Å². The maximum Gasteiger partial charge on any atom is 0.326 e. The number of imide groups is 1. The third-order valence-corrected chi connectivity index (χ3v) is 3.42. The molecular weight excluding hydrogens is 270 g/mol. The highest BCUT2D eigenvalue weighted by molar-refractivity contribution is 5.97. The minimum Gasteiger partial charge on any atom is -0.394 e. The number of urea groups is 1. The summed E-state index contributed by atoms with van der Waals surface area (Å²) >= 11 is 0. The molecule has 0 aromatic carbocycles. The Bertz CT molecular complexity index is 465. The van der Waals surface area contributed by atoms with Crippen molar-refractivity contribution in [3.05, 3.63) is 10.4 Å². The van der Waals surface area contributed by atoms with Gasteiger partial charge in [0.15, 0.2) is 0 Å². The zero-order valence-corrected chi connectivity index (χ0v) is 10.7. The number of amides is 3. The highest BCUT2D eigenvalue weighted by Gasteiger charge is 2.48. The molecule has 0 radical (unpaired) electrons. The largest absolute Gasteiger partial charge is 0.394 e. The number of nitrogens with one attached hydrogen (secondary N) is 1. The lowest BCUT2D eigenvalue weighted by atomic mass is 10.1. The van der Waals surface area contributed by atoms with Crippen LogP contribution in [0.3, 0.4) is 0 Å². The smallest absolute Gasteiger partial charge is 0.326 e. The molecule has 1 unspecified atom stereocenters. The molecule has 5 atom stereocenters. The van der Waals surface area contributed by atoms with E-state index in [-0.39, 0.29) is 6.54 Å². The van der Waals surface area contributed by atoms with Crippen molar-refractivity contribution < 1.29 is 24.5 Å². The topological polar surface area (TPSA) is 148 Å². The number of nitrogens with zero attached hydrogens (tertiary/aromatic N) is 4. The molecule has 10 heteroatoms. The van der Waals surface area contributed by atoms with E-state index in [1.807, 2.05) is 0 Å². The molecule has 0 aromatic rings. The van der Waals surface area contributed by atoms with Gasteiger partial charge < -0.3 is 14.9 Å². The normalized spacial score (nSPS) is 37.5. The van der Waals surface area contributed by atoms with Crippen LogP contribution in [0.25, 0.3) is 10.4 Å². The summed E-state index contributed by atoms with van der Waals surface area (Å²) < 4.78 is 5.37. The fraction of sp³-hybridized carbons (Fsp3) is 0.800. The first-order chi connectivity index (χ1) is 9.49. The summed E-state index contributed by atoms with van der Waals surface area (Å²) in [5.41, 5.74) is 8.54. The van der Waals surface area contributed by atoms with Crippen molar-refractivity contribution in [1.82, 2.24) is 10.2 Å². The molecule has 2 fully saturated rings. The van der Waals surface area contributed by atoms with Gasteiger partial charge in [0.05, 0.1) is 18.6 Å². The molecule has 2 rings (SSSR count). The fourth-order valence-corrected chi connectivity index (χ4v) is 2.30. The molecule has 3 N–H and O–H groups in total. The van der Waals surface area contributed by atoms with Crippen molar-refractivity contribution in [2.45, 2.75) is 31.4 Å². The second-order valence-corrected chi connectivity index (χ2v) is 4.78. The Morgan fingerprint density at radius 1 is 1.60 bits per heavy atom. The van der Waals surface area contributed by atoms with Gasteiger partial charge in [-0.15, -0.1) is 0 Å². The van der Waals surface area contributed by atoms with E-state index in [0.717, 1.165) is 0 Å². The zero-order valence-electron chi connectivity index (χ0n) is 10.7. The van der Waals surface area contributed by atoms with Crippen molar-refractivity contribution in [3.63, 3.8) is 0 Å². The van der Waals surface area contributed by atoms with Gasteiger partial charge in [0, 0.05) is 11.5 Å². The highest BCUT2D eigenvalue weighted by Crippen LogP contribution is 2.28. The summed E-state index contributed by atoms with van der Waals surface area (Å²) in [7, 11) is 0. The van der Waals surface area contributed by atoms with Gasteiger partial charge >= 0.3 is 6.03 Å². The maximum absolute atomic E-state index is 11.8. The molecule has 2 aliphatic rings. The predicted octanol–water partition coefficient (Wildman–Crippen LogP) is -1.07. The third-order valence-electron chi connectivity index (χ3n) is 3.42. The summed E-state index contributed by atoms with van der Waals surface area (Å²) in [4.78, 5) is 27.0. The van der Waals surface area contributed by atoms with Gasteiger partial charge in [0.2, 0.25) is 5.91 Å². The summed E-state index contributed by atoms with van der Waals surface area (Å²) in [5.74, 6) is -0.850. The van der Waals surface area contributed by atoms with Crippen molar-refractivity contribution in [3.8, 4) is 0 Å². The standard InChI is InChI=1S/C10H15N5O5/c1-4-2-15(10(19)12-8(4)18)9-6(13-14-11)7(17)5(3-16)20-9/h4-7,9,16-17H,2-3H2,1H3,(H,12,18,19)/t4?,5-,6-,7-,9-/m1/s1. The van der Waals surface area contributed by atoms with Crippen LogP contribution >= 0.6 is 0 Å². The van der Waals surface area contributed by atoms with E-state index in [2.05, 4.69) is 15.3 Å². The Morgan fingerprint density at radius 3 is 2.90 bits per heavy atom. The van der Waals surface area contributed by atoms with Crippen LogP contribution in [0.4, 0.5) is 4.79 Å². The number of hydrogen-bond acceptors (Lipinski definition) is 6. The van der Waals surface area contributed by atoms with E-state index in [1.54, 1.807) is 6.92 Å². The molecule has 0 spiro atoms. The number of aliphatic hydroxyl groups is 2. The van der Waals surface area contributed by atoms with E-state index < -0.39 is 48.9 Å². The molecule has 10 nitrogen and oxygen atoms in total. The first-order valence-corrected chi connectivity index (χ1v) is 6.09. The quantitative estimate of drug-likeness (QED) is 0.343. The molecule has 2 heterocycles. The van der Waals surface area contributed by atoms with Crippen LogP contribution in [-0.4, -0.2) is 64.7 Å². The average molecular weight is 285 g/mol. The summed E-state index contributed by atoms with van der Waals surface area (Å²) in [5, 5.41) is 24.6. The molecule has 0 aliphatic carbocycles. The molecule has 20 heavy (non-hydrogen) atoms. The van der Waals surface area contributed by atoms with Gasteiger partial charge in [0.25, 0.3) is 0 Å². The fourth-order valence-electron chi connectivity index (χ4n) is 2.30. The first kappa shape index (κ1) is 14.5. The SMILES string of the molecule is CC1CN([C@@H]2O[C@H](CO)[C@@H](O)[C@H]2N=[N+]=[N-])C(=O)NC1=O. The van der Waals surface area contributed by atoms with Crippen molar-refractivity contribution in [2.75, 3.05) is 13.2 Å². The number of azide groups is 1. The molecule has 110 valence electrons. The average Bonchev–Trinajstić information content (AvgIpc) is 2.72. The lowest BCUT2D eigenvalue weighted by Gasteiger charge is -2.35. The van der Waals surface area contributed by atoms with Crippen LogP contribution in [0.15, 0.2) is 5.11 Å². The van der Waals surface area contributed by atoms with Crippen molar-refractivity contribution in [1.29, 1.82) is 0 Å². The van der Waals surface area contributed by atoms with E-state index in [0.29, 0.717) is 0 Å². The molecule has 0 aromatic heterocycles. The summed E-state index contributed by atoms with van der Waals surface area (Å²) in [6.45, 7) is 1.24. The Balaban J connectivity index is 2.23. The third kappa shape index (κ3) is 2.41. The number of rotatable bonds is 3. The predicted molar refractivity (Wildman–Crippen MR) is 64.1 cm³/mol. The van der Waals surface area contributed by atoms with Gasteiger partial charge in [0.1, 0.15) is 18.4 Å². The number of carbonyl (C=O) groups excluding carboxylic acids is 2. The van der Waals surface area contributed by atoms with E-state index in [9.17, 15) is 14.7 Å². The van der Waals surface area contributed by atoms with Gasteiger partial charge in [-0.1, -0.05) is 12.0 Å². The Kier molecular flexibility index (Phi) is 4.09. The number of carbonyl (C=O) groups is 2. The number of hydrogen-bond donors (Lipinski definition) is 3. The second kappa shape index (κ2) is 5.63. The molecule has 0 bridgehead atoms. The zero-order chi connectivity index (χ0) is 14.9. The lowest BCUT2D eigenvalue weighted by molar-refractivity contribution is -0.128. The summed E-state index contributed by atoms with van der Waals surface area (Å²) in [6.07, 6.45) is -3.19. The van der Waals surface area contributed by atoms with Gasteiger partial charge in [-0.2, -0.15) is 0 Å². The van der Waals surface area contributed by atoms with Crippen molar-refractivity contribution in [2.24, 2.45) is 11.0 Å². The lowest BCUT2D eigenvalue weighted by Crippen LogP contribution is -2.59. The Labute approximate surface area is 113 Å². The second-order valence-electron chi connectivity index (χ2n) is 4.78. The minimum absolute atomic E-state index is 0.0810. The van der Waals surface area contributed by atoms with Gasteiger partial charge in [-0.05, 0) is 5.53 Å². The van der Waals surface area contributed by atoms with Crippen LogP contribution in [0, 0.1) is 5.92 Å². The molecule has 0 saturated carbocycles. The molecule has 2 aliphatic heterocycles. The van der Waals surface area contributed by atoms with Crippen molar-refractivity contribution >= 4 is 11.9 Å². The molecule has 3 amide bonds. The Morgan fingerprint density at radius 2 is 2.30 bits per heavy atom. The van der Waals surface area contributed by atoms with Crippen LogP contribution in [0.5, 0.6) is 0 Å². The van der Waals surface area contributed by atoms with E-state index in [1.165, 1.54) is 4.90 Å². The van der Waals surface area contributed by atoms with Gasteiger partial charge in [-0.25, -0.2) is 4.79 Å². The monoisotopic (exact) mass is 285 g/mol. The van der Waals surface area contributed by atoms with E-state index >= 15 is 0 Å². The highest BCUT2D eigenvalue weighted by atomic mass is 16.5. The molecule has 2 saturated heterocycles. The first-order valence-electron chi connectivity index (χ1n) is 6.09. The van der Waals surface area contributed by atoms with E-state index in [4.69, 9.17) is 15.4 Å². The Hall–Kier alpha value is -1.87. The minimum atomic E-state index is -1.22. The number of aliphatic hydroxyl groups excluding tert-OH is 2. The summed E-state index contributed by atoms with van der Waals surface area (Å²) in [6, 6.07) is -1.72. The van der Waals surface area contributed by atoms with Crippen LogP contribution in [0.2, 0.25) is 0 Å². The van der Waals surface area contributed by atoms with Crippen LogP contribution in [-0.2, 0) is 9.53 Å². The maximum atomic E-state index is 11.8. The molecular formula is C10H15N5O5. The van der Waals surface area contributed by atoms with Crippen LogP contribution in [0.1, 0.15) is 6.92 Å².